The quantitative estimate of drug-likeness (QED) is 0.386. The fourth-order valence-electron chi connectivity index (χ4n) is 2.82. The SMILES string of the molecule is CCOC(=O)N1CCN(C(=NC)NCc2ccc(OC)cc2OC)CC1.I. The maximum atomic E-state index is 11.8. The standard InChI is InChI=1S/C18H28N4O4.HI/c1-5-26-18(23)22-10-8-21(9-11-22)17(19-2)20-13-14-6-7-15(24-3)12-16(14)25-4;/h6-7,12H,5,8-11,13H2,1-4H3,(H,19,20);1H. The van der Waals surface area contributed by atoms with Gasteiger partial charge in [-0.05, 0) is 19.1 Å². The molecule has 0 bridgehead atoms. The molecule has 27 heavy (non-hydrogen) atoms. The third-order valence-corrected chi connectivity index (χ3v) is 4.25. The van der Waals surface area contributed by atoms with Gasteiger partial charge in [0.05, 0.1) is 20.8 Å². The molecule has 0 spiro atoms. The van der Waals surface area contributed by atoms with Crippen LogP contribution in [0.2, 0.25) is 0 Å². The van der Waals surface area contributed by atoms with Crippen molar-refractivity contribution in [3.63, 3.8) is 0 Å². The number of aliphatic imine (C=N–C) groups is 1. The fourth-order valence-corrected chi connectivity index (χ4v) is 2.82. The summed E-state index contributed by atoms with van der Waals surface area (Å²) in [6.07, 6.45) is -0.252. The van der Waals surface area contributed by atoms with Gasteiger partial charge >= 0.3 is 6.09 Å². The zero-order valence-electron chi connectivity index (χ0n) is 16.4. The minimum absolute atomic E-state index is 0. The first-order valence-electron chi connectivity index (χ1n) is 8.71. The second kappa shape index (κ2) is 11.7. The molecule has 1 N–H and O–H groups in total. The molecule has 1 heterocycles. The largest absolute Gasteiger partial charge is 0.497 e. The number of ether oxygens (including phenoxy) is 3. The van der Waals surface area contributed by atoms with Crippen LogP contribution < -0.4 is 14.8 Å². The Morgan fingerprint density at radius 2 is 1.81 bits per heavy atom. The molecule has 1 aromatic carbocycles. The Labute approximate surface area is 177 Å². The van der Waals surface area contributed by atoms with Crippen LogP contribution in [-0.2, 0) is 11.3 Å². The van der Waals surface area contributed by atoms with E-state index in [4.69, 9.17) is 14.2 Å². The number of guanidine groups is 1. The van der Waals surface area contributed by atoms with Gasteiger partial charge in [-0.3, -0.25) is 4.99 Å². The van der Waals surface area contributed by atoms with E-state index in [0.717, 1.165) is 23.0 Å². The monoisotopic (exact) mass is 492 g/mol. The van der Waals surface area contributed by atoms with Crippen LogP contribution in [0.15, 0.2) is 23.2 Å². The molecule has 1 aliphatic heterocycles. The molecule has 8 nitrogen and oxygen atoms in total. The molecule has 1 fully saturated rings. The number of hydrogen-bond acceptors (Lipinski definition) is 5. The Kier molecular flexibility index (Phi) is 10.0. The molecule has 1 amide bonds. The van der Waals surface area contributed by atoms with Crippen molar-refractivity contribution in [1.82, 2.24) is 15.1 Å². The zero-order chi connectivity index (χ0) is 18.9. The second-order valence-electron chi connectivity index (χ2n) is 5.75. The van der Waals surface area contributed by atoms with Crippen LogP contribution >= 0.6 is 24.0 Å². The average molecular weight is 492 g/mol. The third kappa shape index (κ3) is 6.33. The van der Waals surface area contributed by atoms with Crippen LogP contribution in [0.25, 0.3) is 0 Å². The molecular formula is C18H29IN4O4. The van der Waals surface area contributed by atoms with Crippen molar-refractivity contribution < 1.29 is 19.0 Å². The number of halogens is 1. The lowest BCUT2D eigenvalue weighted by molar-refractivity contribution is 0.0914. The van der Waals surface area contributed by atoms with Crippen molar-refractivity contribution in [3.05, 3.63) is 23.8 Å². The summed E-state index contributed by atoms with van der Waals surface area (Å²) < 4.78 is 15.7. The minimum Gasteiger partial charge on any atom is -0.497 e. The molecule has 1 aromatic rings. The Hall–Kier alpha value is -1.91. The maximum absolute atomic E-state index is 11.8. The molecule has 0 aliphatic carbocycles. The summed E-state index contributed by atoms with van der Waals surface area (Å²) in [5.41, 5.74) is 1.01. The van der Waals surface area contributed by atoms with E-state index in [2.05, 4.69) is 15.2 Å². The highest BCUT2D eigenvalue weighted by atomic mass is 127. The number of hydrogen-bond donors (Lipinski definition) is 1. The first-order chi connectivity index (χ1) is 12.6. The molecule has 9 heteroatoms. The number of nitrogens with zero attached hydrogens (tertiary/aromatic N) is 3. The van der Waals surface area contributed by atoms with Gasteiger partial charge in [-0.1, -0.05) is 0 Å². The molecule has 1 aliphatic rings. The first-order valence-corrected chi connectivity index (χ1v) is 8.71. The van der Waals surface area contributed by atoms with Crippen molar-refractivity contribution in [3.8, 4) is 11.5 Å². The molecule has 0 aromatic heterocycles. The van der Waals surface area contributed by atoms with Gasteiger partial charge < -0.3 is 29.3 Å². The van der Waals surface area contributed by atoms with Crippen molar-refractivity contribution in [2.24, 2.45) is 4.99 Å². The summed E-state index contributed by atoms with van der Waals surface area (Å²) in [6.45, 7) is 5.44. The molecule has 0 saturated carbocycles. The van der Waals surface area contributed by atoms with Gasteiger partial charge in [-0.25, -0.2) is 4.79 Å². The topological polar surface area (TPSA) is 75.6 Å². The Morgan fingerprint density at radius 1 is 1.15 bits per heavy atom. The van der Waals surface area contributed by atoms with E-state index in [9.17, 15) is 4.79 Å². The molecule has 0 atom stereocenters. The van der Waals surface area contributed by atoms with E-state index < -0.39 is 0 Å². The van der Waals surface area contributed by atoms with Crippen LogP contribution in [0.3, 0.4) is 0 Å². The molecule has 152 valence electrons. The number of rotatable bonds is 5. The van der Waals surface area contributed by atoms with Crippen LogP contribution in [0, 0.1) is 0 Å². The molecule has 2 rings (SSSR count). The normalized spacial score (nSPS) is 14.3. The average Bonchev–Trinajstić information content (AvgIpc) is 2.69. The van der Waals surface area contributed by atoms with Crippen molar-refractivity contribution in [1.29, 1.82) is 0 Å². The summed E-state index contributed by atoms with van der Waals surface area (Å²) in [5, 5.41) is 3.36. The minimum atomic E-state index is -0.252. The van der Waals surface area contributed by atoms with E-state index in [-0.39, 0.29) is 30.1 Å². The number of piperazine rings is 1. The number of methoxy groups -OCH3 is 2. The van der Waals surface area contributed by atoms with Gasteiger partial charge in [0.15, 0.2) is 5.96 Å². The summed E-state index contributed by atoms with van der Waals surface area (Å²) in [7, 11) is 5.03. The highest BCUT2D eigenvalue weighted by Crippen LogP contribution is 2.24. The molecule has 1 saturated heterocycles. The van der Waals surface area contributed by atoms with Crippen LogP contribution in [0.5, 0.6) is 11.5 Å². The van der Waals surface area contributed by atoms with Gasteiger partial charge in [0.2, 0.25) is 0 Å². The smallest absolute Gasteiger partial charge is 0.409 e. The van der Waals surface area contributed by atoms with E-state index in [1.54, 1.807) is 26.2 Å². The predicted molar refractivity (Wildman–Crippen MR) is 115 cm³/mol. The summed E-state index contributed by atoms with van der Waals surface area (Å²) >= 11 is 0. The maximum Gasteiger partial charge on any atom is 0.409 e. The Balaban J connectivity index is 0.00000364. The first kappa shape index (κ1) is 23.1. The lowest BCUT2D eigenvalue weighted by atomic mass is 10.2. The molecular weight excluding hydrogens is 463 g/mol. The van der Waals surface area contributed by atoms with E-state index in [0.29, 0.717) is 39.3 Å². The Morgan fingerprint density at radius 3 is 2.37 bits per heavy atom. The second-order valence-corrected chi connectivity index (χ2v) is 5.75. The highest BCUT2D eigenvalue weighted by Gasteiger charge is 2.23. The van der Waals surface area contributed by atoms with Crippen molar-refractivity contribution in [2.75, 3.05) is 54.1 Å². The van der Waals surface area contributed by atoms with E-state index in [1.807, 2.05) is 25.1 Å². The molecule has 0 unspecified atom stereocenters. The lowest BCUT2D eigenvalue weighted by Crippen LogP contribution is -2.53. The third-order valence-electron chi connectivity index (χ3n) is 4.25. The lowest BCUT2D eigenvalue weighted by Gasteiger charge is -2.35. The Bertz CT molecular complexity index is 634. The van der Waals surface area contributed by atoms with Crippen molar-refractivity contribution in [2.45, 2.75) is 13.5 Å². The zero-order valence-corrected chi connectivity index (χ0v) is 18.7. The fraction of sp³-hybridized carbons (Fsp3) is 0.556. The number of carbonyl (C=O) groups is 1. The van der Waals surface area contributed by atoms with Crippen LogP contribution in [0.1, 0.15) is 12.5 Å². The number of nitrogens with one attached hydrogen (secondary N) is 1. The number of benzene rings is 1. The van der Waals surface area contributed by atoms with Gasteiger partial charge in [-0.15, -0.1) is 24.0 Å². The number of carbonyl (C=O) groups excluding carboxylic acids is 1. The summed E-state index contributed by atoms with van der Waals surface area (Å²) in [4.78, 5) is 20.0. The van der Waals surface area contributed by atoms with E-state index in [1.165, 1.54) is 0 Å². The van der Waals surface area contributed by atoms with Crippen LogP contribution in [0.4, 0.5) is 4.79 Å². The van der Waals surface area contributed by atoms with Gasteiger partial charge in [0.1, 0.15) is 11.5 Å². The van der Waals surface area contributed by atoms with Gasteiger partial charge in [-0.2, -0.15) is 0 Å². The number of amides is 1. The van der Waals surface area contributed by atoms with Crippen LogP contribution in [-0.4, -0.2) is 75.9 Å². The summed E-state index contributed by atoms with van der Waals surface area (Å²) in [6, 6.07) is 5.73. The summed E-state index contributed by atoms with van der Waals surface area (Å²) in [5.74, 6) is 2.32. The van der Waals surface area contributed by atoms with E-state index >= 15 is 0 Å². The van der Waals surface area contributed by atoms with Gasteiger partial charge in [0, 0.05) is 51.4 Å². The predicted octanol–water partition coefficient (Wildman–Crippen LogP) is 2.17. The molecule has 0 radical (unpaired) electrons. The highest BCUT2D eigenvalue weighted by molar-refractivity contribution is 14.0. The van der Waals surface area contributed by atoms with Crippen molar-refractivity contribution >= 4 is 36.0 Å². The van der Waals surface area contributed by atoms with Gasteiger partial charge in [0.25, 0.3) is 0 Å².